The molecule has 0 atom stereocenters. The number of nitrogen functional groups attached to an aromatic ring is 1. The summed E-state index contributed by atoms with van der Waals surface area (Å²) in [6.07, 6.45) is 1.40. The van der Waals surface area contributed by atoms with E-state index in [0.29, 0.717) is 10.9 Å². The van der Waals surface area contributed by atoms with E-state index in [1.807, 2.05) is 4.72 Å². The molecule has 0 fully saturated rings. The molecule has 0 aliphatic heterocycles. The zero-order chi connectivity index (χ0) is 22.3. The lowest BCUT2D eigenvalue weighted by Gasteiger charge is -2.13. The van der Waals surface area contributed by atoms with E-state index in [-0.39, 0.29) is 16.4 Å². The molecule has 4 aromatic rings. The first-order chi connectivity index (χ1) is 14.7. The van der Waals surface area contributed by atoms with Crippen molar-refractivity contribution in [1.82, 2.24) is 9.97 Å². The van der Waals surface area contributed by atoms with E-state index < -0.39 is 43.7 Å². The van der Waals surface area contributed by atoms with Gasteiger partial charge in [-0.2, -0.15) is 0 Å². The van der Waals surface area contributed by atoms with Crippen molar-refractivity contribution in [2.24, 2.45) is 0 Å². The van der Waals surface area contributed by atoms with Gasteiger partial charge in [-0.3, -0.25) is 4.72 Å². The van der Waals surface area contributed by atoms with Crippen LogP contribution < -0.4 is 10.5 Å². The third kappa shape index (κ3) is 3.99. The molecule has 4 rings (SSSR count). The van der Waals surface area contributed by atoms with Gasteiger partial charge in [0.2, 0.25) is 5.95 Å². The largest absolute Gasteiger partial charge is 0.368 e. The van der Waals surface area contributed by atoms with Gasteiger partial charge < -0.3 is 5.73 Å². The lowest BCUT2D eigenvalue weighted by Crippen LogP contribution is -2.14. The number of hydrogen-bond donors (Lipinski definition) is 2. The molecule has 0 spiro atoms. The van der Waals surface area contributed by atoms with Crippen LogP contribution in [0.1, 0.15) is 0 Å². The van der Waals surface area contributed by atoms with Crippen LogP contribution in [0, 0.1) is 17.5 Å². The van der Waals surface area contributed by atoms with E-state index in [1.54, 1.807) is 0 Å². The molecule has 11 heteroatoms. The standard InChI is InChI=1S/C20H12ClF3N4O2S/c21-13-8-12(2-3-14(13)22)31(29,30)28-17-6-4-15(23)18(19(17)24)10-1-5-16-11(7-10)9-26-20(25)27-16/h1-9,28H,(H2,25,26,27). The first-order valence-electron chi connectivity index (χ1n) is 8.64. The van der Waals surface area contributed by atoms with Gasteiger partial charge in [0.1, 0.15) is 11.6 Å². The van der Waals surface area contributed by atoms with Crippen LogP contribution in [-0.2, 0) is 10.0 Å². The third-order valence-corrected chi connectivity index (χ3v) is 6.08. The second-order valence-corrected chi connectivity index (χ2v) is 8.56. The molecule has 1 heterocycles. The zero-order valence-corrected chi connectivity index (χ0v) is 17.0. The summed E-state index contributed by atoms with van der Waals surface area (Å²) in [7, 11) is -4.32. The van der Waals surface area contributed by atoms with Crippen LogP contribution in [0.2, 0.25) is 5.02 Å². The maximum absolute atomic E-state index is 15.2. The molecule has 0 unspecified atom stereocenters. The van der Waals surface area contributed by atoms with Gasteiger partial charge in [-0.15, -0.1) is 0 Å². The van der Waals surface area contributed by atoms with Crippen molar-refractivity contribution in [3.63, 3.8) is 0 Å². The summed E-state index contributed by atoms with van der Waals surface area (Å²) >= 11 is 5.63. The van der Waals surface area contributed by atoms with E-state index in [9.17, 15) is 17.2 Å². The minimum absolute atomic E-state index is 0.0508. The van der Waals surface area contributed by atoms with Gasteiger partial charge in [0.25, 0.3) is 10.0 Å². The van der Waals surface area contributed by atoms with Crippen molar-refractivity contribution in [3.8, 4) is 11.1 Å². The van der Waals surface area contributed by atoms with E-state index in [0.717, 1.165) is 30.3 Å². The topological polar surface area (TPSA) is 98.0 Å². The van der Waals surface area contributed by atoms with Crippen molar-refractivity contribution < 1.29 is 21.6 Å². The van der Waals surface area contributed by atoms with Crippen LogP contribution in [0.4, 0.5) is 24.8 Å². The number of sulfonamides is 1. The highest BCUT2D eigenvalue weighted by molar-refractivity contribution is 7.92. The Kier molecular flexibility index (Phi) is 5.19. The highest BCUT2D eigenvalue weighted by Gasteiger charge is 2.22. The number of nitrogens with zero attached hydrogens (tertiary/aromatic N) is 2. The summed E-state index contributed by atoms with van der Waals surface area (Å²) in [4.78, 5) is 7.48. The Morgan fingerprint density at radius 2 is 1.71 bits per heavy atom. The predicted molar refractivity (Wildman–Crippen MR) is 112 cm³/mol. The maximum Gasteiger partial charge on any atom is 0.262 e. The first-order valence-corrected chi connectivity index (χ1v) is 10.5. The van der Waals surface area contributed by atoms with E-state index in [1.165, 1.54) is 24.4 Å². The predicted octanol–water partition coefficient (Wildman–Crippen LogP) is 4.75. The average Bonchev–Trinajstić information content (AvgIpc) is 2.72. The Morgan fingerprint density at radius 1 is 0.968 bits per heavy atom. The molecule has 0 aliphatic carbocycles. The number of rotatable bonds is 4. The molecule has 0 radical (unpaired) electrons. The van der Waals surface area contributed by atoms with Crippen molar-refractivity contribution in [1.29, 1.82) is 0 Å². The van der Waals surface area contributed by atoms with Crippen LogP contribution in [0.15, 0.2) is 59.6 Å². The molecule has 0 aliphatic rings. The minimum atomic E-state index is -4.32. The minimum Gasteiger partial charge on any atom is -0.368 e. The van der Waals surface area contributed by atoms with Crippen LogP contribution in [-0.4, -0.2) is 18.4 Å². The number of aromatic nitrogens is 2. The normalized spacial score (nSPS) is 11.6. The van der Waals surface area contributed by atoms with Gasteiger partial charge >= 0.3 is 0 Å². The lowest BCUT2D eigenvalue weighted by atomic mass is 10.0. The number of benzene rings is 3. The van der Waals surface area contributed by atoms with Gasteiger partial charge in [-0.25, -0.2) is 31.6 Å². The number of anilines is 2. The number of nitrogens with two attached hydrogens (primary N) is 1. The molecule has 31 heavy (non-hydrogen) atoms. The molecule has 0 bridgehead atoms. The van der Waals surface area contributed by atoms with Crippen LogP contribution in [0.25, 0.3) is 22.0 Å². The fourth-order valence-electron chi connectivity index (χ4n) is 2.95. The summed E-state index contributed by atoms with van der Waals surface area (Å²) in [6.45, 7) is 0. The van der Waals surface area contributed by atoms with Crippen molar-refractivity contribution in [2.75, 3.05) is 10.5 Å². The summed E-state index contributed by atoms with van der Waals surface area (Å²) in [5.74, 6) is -2.79. The second-order valence-electron chi connectivity index (χ2n) is 6.47. The average molecular weight is 465 g/mol. The lowest BCUT2D eigenvalue weighted by molar-refractivity contribution is 0.587. The molecule has 158 valence electrons. The molecule has 0 saturated carbocycles. The highest BCUT2D eigenvalue weighted by Crippen LogP contribution is 2.33. The van der Waals surface area contributed by atoms with Crippen molar-refractivity contribution >= 4 is 44.2 Å². The number of hydrogen-bond acceptors (Lipinski definition) is 5. The molecule has 0 saturated heterocycles. The molecule has 6 nitrogen and oxygen atoms in total. The van der Waals surface area contributed by atoms with Crippen LogP contribution in [0.5, 0.6) is 0 Å². The summed E-state index contributed by atoms with van der Waals surface area (Å²) in [5.41, 5.74) is 5.20. The van der Waals surface area contributed by atoms with Gasteiger partial charge in [-0.1, -0.05) is 17.7 Å². The third-order valence-electron chi connectivity index (χ3n) is 4.42. The summed E-state index contributed by atoms with van der Waals surface area (Å²) in [6, 6.07) is 8.99. The molecule has 1 aromatic heterocycles. The van der Waals surface area contributed by atoms with Crippen LogP contribution >= 0.6 is 11.6 Å². The Hall–Kier alpha value is -3.37. The van der Waals surface area contributed by atoms with Crippen molar-refractivity contribution in [3.05, 3.63) is 77.2 Å². The molecular formula is C20H12ClF3N4O2S. The van der Waals surface area contributed by atoms with E-state index >= 15 is 4.39 Å². The fourth-order valence-corrected chi connectivity index (χ4v) is 4.28. The van der Waals surface area contributed by atoms with E-state index in [2.05, 4.69) is 9.97 Å². The summed E-state index contributed by atoms with van der Waals surface area (Å²) in [5, 5.41) is 0.0691. The fraction of sp³-hybridized carbons (Fsp3) is 0. The number of halogens is 4. The second kappa shape index (κ2) is 7.71. The van der Waals surface area contributed by atoms with Crippen molar-refractivity contribution in [2.45, 2.75) is 4.90 Å². The van der Waals surface area contributed by atoms with Gasteiger partial charge in [-0.05, 0) is 48.0 Å². The Labute approximate surface area is 179 Å². The number of fused-ring (bicyclic) bond motifs is 1. The molecule has 3 aromatic carbocycles. The Bertz CT molecular complexity index is 1450. The maximum atomic E-state index is 15.2. The summed E-state index contributed by atoms with van der Waals surface area (Å²) < 4.78 is 70.2. The zero-order valence-electron chi connectivity index (χ0n) is 15.4. The van der Waals surface area contributed by atoms with Gasteiger partial charge in [0.15, 0.2) is 5.82 Å². The Morgan fingerprint density at radius 3 is 2.45 bits per heavy atom. The SMILES string of the molecule is Nc1ncc2cc(-c3c(F)ccc(NS(=O)(=O)c4ccc(F)c(Cl)c4)c3F)ccc2n1. The quantitative estimate of drug-likeness (QED) is 0.454. The molecule has 3 N–H and O–H groups in total. The molecular weight excluding hydrogens is 453 g/mol. The Balaban J connectivity index is 1.77. The van der Waals surface area contributed by atoms with E-state index in [4.69, 9.17) is 17.3 Å². The first kappa shape index (κ1) is 20.9. The number of nitrogens with one attached hydrogen (secondary N) is 1. The smallest absolute Gasteiger partial charge is 0.262 e. The van der Waals surface area contributed by atoms with Gasteiger partial charge in [0.05, 0.1) is 26.7 Å². The highest BCUT2D eigenvalue weighted by atomic mass is 35.5. The molecule has 0 amide bonds. The van der Waals surface area contributed by atoms with Gasteiger partial charge in [0, 0.05) is 11.6 Å². The van der Waals surface area contributed by atoms with Crippen LogP contribution in [0.3, 0.4) is 0 Å². The monoisotopic (exact) mass is 464 g/mol.